The fourth-order valence-corrected chi connectivity index (χ4v) is 4.28. The molecule has 112 valence electrons. The summed E-state index contributed by atoms with van der Waals surface area (Å²) in [5.74, 6) is -0.444. The molecule has 0 fully saturated rings. The number of anilines is 1. The smallest absolute Gasteiger partial charge is 0.295 e. The van der Waals surface area contributed by atoms with Gasteiger partial charge in [0, 0.05) is 6.07 Å². The maximum Gasteiger partial charge on any atom is 0.295 e. The molecule has 2 rings (SSSR count). The number of nitrogen functional groups attached to an aromatic ring is 1. The van der Waals surface area contributed by atoms with Crippen molar-refractivity contribution in [3.8, 4) is 5.75 Å². The Labute approximate surface area is 121 Å². The van der Waals surface area contributed by atoms with E-state index in [0.29, 0.717) is 0 Å². The second kappa shape index (κ2) is 5.02. The van der Waals surface area contributed by atoms with Crippen LogP contribution in [0.3, 0.4) is 0 Å². The van der Waals surface area contributed by atoms with Gasteiger partial charge in [-0.3, -0.25) is 4.55 Å². The predicted molar refractivity (Wildman–Crippen MR) is 74.2 cm³/mol. The monoisotopic (exact) mass is 329 g/mol. The van der Waals surface area contributed by atoms with E-state index in [4.69, 9.17) is 10.3 Å². The average molecular weight is 329 g/mol. The van der Waals surface area contributed by atoms with Crippen LogP contribution in [0.25, 0.3) is 0 Å². The van der Waals surface area contributed by atoms with Crippen molar-refractivity contribution in [2.75, 3.05) is 5.73 Å². The first-order valence-corrected chi connectivity index (χ1v) is 8.46. The molecule has 0 aromatic heterocycles. The summed E-state index contributed by atoms with van der Waals surface area (Å²) in [6.45, 7) is 0. The van der Waals surface area contributed by atoms with Crippen LogP contribution < -0.4 is 5.73 Å². The molecule has 7 nitrogen and oxygen atoms in total. The van der Waals surface area contributed by atoms with E-state index in [1.54, 1.807) is 0 Å². The molecule has 0 radical (unpaired) electrons. The highest BCUT2D eigenvalue weighted by molar-refractivity contribution is 7.92. The Kier molecular flexibility index (Phi) is 3.66. The van der Waals surface area contributed by atoms with Crippen LogP contribution in [0.1, 0.15) is 0 Å². The van der Waals surface area contributed by atoms with Crippen molar-refractivity contribution in [2.45, 2.75) is 14.7 Å². The lowest BCUT2D eigenvalue weighted by Crippen LogP contribution is -2.09. The molecule has 0 saturated carbocycles. The molecule has 0 atom stereocenters. The van der Waals surface area contributed by atoms with Crippen molar-refractivity contribution >= 4 is 25.6 Å². The second-order valence-electron chi connectivity index (χ2n) is 4.15. The summed E-state index contributed by atoms with van der Waals surface area (Å²) in [5.41, 5.74) is 5.37. The zero-order valence-electron chi connectivity index (χ0n) is 10.5. The van der Waals surface area contributed by atoms with E-state index in [2.05, 4.69) is 0 Å². The minimum absolute atomic E-state index is 0.0167. The Morgan fingerprint density at radius 2 is 1.48 bits per heavy atom. The first-order valence-electron chi connectivity index (χ1n) is 5.54. The van der Waals surface area contributed by atoms with Crippen LogP contribution in [-0.2, 0) is 20.0 Å². The van der Waals surface area contributed by atoms with Crippen LogP contribution >= 0.6 is 0 Å². The fraction of sp³-hybridized carbons (Fsp3) is 0. The van der Waals surface area contributed by atoms with Gasteiger partial charge < -0.3 is 10.8 Å². The third-order valence-electron chi connectivity index (χ3n) is 2.73. The number of phenolic OH excluding ortho intramolecular Hbond substituents is 1. The third-order valence-corrected chi connectivity index (χ3v) is 5.58. The molecule has 0 aliphatic heterocycles. The summed E-state index contributed by atoms with van der Waals surface area (Å²) in [4.78, 5) is -1.66. The van der Waals surface area contributed by atoms with Crippen LogP contribution in [0.4, 0.5) is 5.69 Å². The van der Waals surface area contributed by atoms with E-state index in [0.717, 1.165) is 24.3 Å². The Balaban J connectivity index is 2.74. The van der Waals surface area contributed by atoms with E-state index >= 15 is 0 Å². The Bertz CT molecular complexity index is 903. The number of rotatable bonds is 3. The first kappa shape index (κ1) is 15.3. The van der Waals surface area contributed by atoms with Gasteiger partial charge in [0.1, 0.15) is 10.6 Å². The molecule has 2 aromatic rings. The van der Waals surface area contributed by atoms with Gasteiger partial charge >= 0.3 is 0 Å². The molecular weight excluding hydrogens is 318 g/mol. The molecule has 0 saturated heterocycles. The number of aromatic hydroxyl groups is 1. The SMILES string of the molecule is Nc1ccc(S(=O)(=O)c2ccccc2S(=O)(=O)O)cc1O. The highest BCUT2D eigenvalue weighted by atomic mass is 32.2. The molecule has 0 spiro atoms. The van der Waals surface area contributed by atoms with Gasteiger partial charge in [0.15, 0.2) is 0 Å². The Morgan fingerprint density at radius 3 is 2.00 bits per heavy atom. The summed E-state index contributed by atoms with van der Waals surface area (Å²) in [6.07, 6.45) is 0. The minimum Gasteiger partial charge on any atom is -0.506 e. The van der Waals surface area contributed by atoms with E-state index < -0.39 is 35.5 Å². The topological polar surface area (TPSA) is 135 Å². The van der Waals surface area contributed by atoms with Gasteiger partial charge in [0.05, 0.1) is 15.5 Å². The van der Waals surface area contributed by atoms with Gasteiger partial charge in [-0.15, -0.1) is 0 Å². The molecule has 2 aromatic carbocycles. The number of nitrogens with two attached hydrogens (primary N) is 1. The van der Waals surface area contributed by atoms with Gasteiger partial charge in [-0.1, -0.05) is 12.1 Å². The molecular formula is C12H11NO6S2. The molecule has 4 N–H and O–H groups in total. The van der Waals surface area contributed by atoms with Gasteiger partial charge in [-0.05, 0) is 24.3 Å². The van der Waals surface area contributed by atoms with Gasteiger partial charge in [0.25, 0.3) is 10.1 Å². The van der Waals surface area contributed by atoms with Gasteiger partial charge in [-0.2, -0.15) is 8.42 Å². The van der Waals surface area contributed by atoms with Gasteiger partial charge in [-0.25, -0.2) is 8.42 Å². The fourth-order valence-electron chi connectivity index (χ4n) is 1.70. The zero-order chi connectivity index (χ0) is 15.8. The van der Waals surface area contributed by atoms with Crippen LogP contribution in [0, 0.1) is 0 Å². The normalized spacial score (nSPS) is 12.2. The lowest BCUT2D eigenvalue weighted by molar-refractivity contribution is 0.476. The lowest BCUT2D eigenvalue weighted by atomic mass is 10.3. The second-order valence-corrected chi connectivity index (χ2v) is 7.45. The van der Waals surface area contributed by atoms with E-state index in [-0.39, 0.29) is 10.6 Å². The third kappa shape index (κ3) is 2.84. The zero-order valence-corrected chi connectivity index (χ0v) is 12.1. The predicted octanol–water partition coefficient (Wildman–Crippen LogP) is 1.05. The molecule has 0 unspecified atom stereocenters. The average Bonchev–Trinajstić information content (AvgIpc) is 2.41. The van der Waals surface area contributed by atoms with Crippen molar-refractivity contribution < 1.29 is 26.5 Å². The largest absolute Gasteiger partial charge is 0.506 e. The van der Waals surface area contributed by atoms with Crippen LogP contribution in [0.5, 0.6) is 5.75 Å². The van der Waals surface area contributed by atoms with Crippen LogP contribution in [0.2, 0.25) is 0 Å². The van der Waals surface area contributed by atoms with Gasteiger partial charge in [0.2, 0.25) is 9.84 Å². The molecule has 21 heavy (non-hydrogen) atoms. The minimum atomic E-state index is -4.71. The van der Waals surface area contributed by atoms with Crippen LogP contribution in [0.15, 0.2) is 57.2 Å². The summed E-state index contributed by atoms with van der Waals surface area (Å²) < 4.78 is 56.5. The van der Waals surface area contributed by atoms with Crippen molar-refractivity contribution in [1.82, 2.24) is 0 Å². The lowest BCUT2D eigenvalue weighted by Gasteiger charge is -2.09. The van der Waals surface area contributed by atoms with Crippen molar-refractivity contribution in [2.24, 2.45) is 0 Å². The summed E-state index contributed by atoms with van der Waals surface area (Å²) in [5, 5.41) is 9.48. The maximum atomic E-state index is 12.4. The highest BCUT2D eigenvalue weighted by Gasteiger charge is 2.26. The molecule has 9 heteroatoms. The molecule has 0 amide bonds. The number of hydrogen-bond donors (Lipinski definition) is 3. The first-order chi connectivity index (χ1) is 9.64. The van der Waals surface area contributed by atoms with E-state index in [1.807, 2.05) is 0 Å². The molecule has 0 aliphatic rings. The Morgan fingerprint density at radius 1 is 0.905 bits per heavy atom. The quantitative estimate of drug-likeness (QED) is 0.435. The maximum absolute atomic E-state index is 12.4. The summed E-state index contributed by atoms with van der Waals surface area (Å²) in [7, 11) is -8.96. The van der Waals surface area contributed by atoms with E-state index in [9.17, 15) is 21.9 Å². The number of sulfone groups is 1. The number of phenols is 1. The molecule has 0 heterocycles. The highest BCUT2D eigenvalue weighted by Crippen LogP contribution is 2.30. The Hall–Kier alpha value is -2.10. The van der Waals surface area contributed by atoms with Crippen LogP contribution in [-0.4, -0.2) is 26.5 Å². The van der Waals surface area contributed by atoms with E-state index in [1.165, 1.54) is 18.2 Å². The summed E-state index contributed by atoms with van der Waals surface area (Å²) >= 11 is 0. The summed E-state index contributed by atoms with van der Waals surface area (Å²) in [6, 6.07) is 7.83. The molecule has 0 bridgehead atoms. The standard InChI is InChI=1S/C12H11NO6S2/c13-9-6-5-8(7-10(9)14)20(15,16)11-3-1-2-4-12(11)21(17,18)19/h1-7,14H,13H2,(H,17,18,19). The van der Waals surface area contributed by atoms with Crippen molar-refractivity contribution in [3.63, 3.8) is 0 Å². The number of hydrogen-bond acceptors (Lipinski definition) is 6. The van der Waals surface area contributed by atoms with Crippen molar-refractivity contribution in [3.05, 3.63) is 42.5 Å². The molecule has 0 aliphatic carbocycles. The number of benzene rings is 2. The van der Waals surface area contributed by atoms with Crippen molar-refractivity contribution in [1.29, 1.82) is 0 Å².